The fourth-order valence-electron chi connectivity index (χ4n) is 2.05. The number of ether oxygens (including phenoxy) is 1. The molecular weight excluding hydrogens is 126 g/mol. The highest BCUT2D eigenvalue weighted by molar-refractivity contribution is 4.72. The van der Waals surface area contributed by atoms with Crippen LogP contribution in [-0.2, 0) is 4.74 Å². The van der Waals surface area contributed by atoms with E-state index in [-0.39, 0.29) is 0 Å². The lowest BCUT2D eigenvalue weighted by atomic mass is 9.95. The summed E-state index contributed by atoms with van der Waals surface area (Å²) in [7, 11) is 4.12. The summed E-state index contributed by atoms with van der Waals surface area (Å²) in [6.45, 7) is 1.88. The lowest BCUT2D eigenvalue weighted by molar-refractivity contribution is -0.922. The van der Waals surface area contributed by atoms with Gasteiger partial charge >= 0.3 is 0 Å². The average Bonchev–Trinajstić information content (AvgIpc) is 1.86. The summed E-state index contributed by atoms with van der Waals surface area (Å²) in [5, 5.41) is 0. The molecule has 0 aliphatic carbocycles. The first-order valence-electron chi connectivity index (χ1n) is 4.14. The zero-order valence-electron chi connectivity index (χ0n) is 6.31. The zero-order valence-corrected chi connectivity index (χ0v) is 6.31. The third kappa shape index (κ3) is 0.956. The molecule has 2 heteroatoms. The van der Waals surface area contributed by atoms with Crippen LogP contribution in [-0.4, -0.2) is 25.3 Å². The molecule has 1 N–H and O–H groups in total. The van der Waals surface area contributed by atoms with Crippen LogP contribution in [0.3, 0.4) is 0 Å². The molecule has 2 bridgehead atoms. The molecule has 58 valence electrons. The number of morpholine rings is 1. The Morgan fingerprint density at radius 2 is 1.80 bits per heavy atom. The third-order valence-electron chi connectivity index (χ3n) is 2.79. The normalized spacial score (nSPS) is 47.1. The lowest BCUT2D eigenvalue weighted by Crippen LogP contribution is -3.18. The predicted octanol–water partition coefficient (Wildman–Crippen LogP) is -0.386. The van der Waals surface area contributed by atoms with Crippen LogP contribution in [0.5, 0.6) is 0 Å². The van der Waals surface area contributed by atoms with E-state index in [1.165, 1.54) is 24.2 Å². The van der Waals surface area contributed by atoms with Gasteiger partial charge in [0.15, 0.2) is 0 Å². The van der Waals surface area contributed by atoms with Gasteiger partial charge < -0.3 is 9.64 Å². The van der Waals surface area contributed by atoms with Crippen molar-refractivity contribution in [2.45, 2.75) is 31.3 Å². The number of hydrogen-bond acceptors (Lipinski definition) is 1. The number of hydrogen-bond donors (Lipinski definition) is 1. The largest absolute Gasteiger partial charge is 0.459 e. The van der Waals surface area contributed by atoms with Crippen molar-refractivity contribution in [1.82, 2.24) is 0 Å². The number of nitrogens with one attached hydrogen (secondary N) is 1. The molecule has 0 spiro atoms. The monoisotopic (exact) mass is 141 g/mol. The van der Waals surface area contributed by atoms with E-state index in [4.69, 9.17) is 4.74 Å². The second-order valence-electron chi connectivity index (χ2n) is 3.44. The second-order valence-corrected chi connectivity index (χ2v) is 3.44. The second kappa shape index (κ2) is 2.51. The molecule has 2 unspecified atom stereocenters. The Morgan fingerprint density at radius 3 is 2.30 bits per heavy atom. The minimum Gasteiger partial charge on any atom is -0.459 e. The molecule has 2 aliphatic rings. The molecule has 2 fully saturated rings. The van der Waals surface area contributed by atoms with Gasteiger partial charge in [-0.3, -0.25) is 0 Å². The maximum atomic E-state index is 5.45. The summed E-state index contributed by atoms with van der Waals surface area (Å²) >= 11 is 0. The van der Waals surface area contributed by atoms with Crippen molar-refractivity contribution < 1.29 is 9.64 Å². The van der Waals surface area contributed by atoms with E-state index in [9.17, 15) is 0 Å². The first-order valence-corrected chi connectivity index (χ1v) is 4.14. The summed E-state index contributed by atoms with van der Waals surface area (Å²) < 4.78 is 5.45. The SMILES string of the molecule is [CH2-][NH+]1C2CCCC1COC2. The number of rotatable bonds is 0. The van der Waals surface area contributed by atoms with Gasteiger partial charge in [0.1, 0.15) is 0 Å². The van der Waals surface area contributed by atoms with Crippen LogP contribution < -0.4 is 4.90 Å². The molecule has 0 aromatic heterocycles. The Morgan fingerprint density at radius 1 is 1.20 bits per heavy atom. The fourth-order valence-corrected chi connectivity index (χ4v) is 2.05. The van der Waals surface area contributed by atoms with Crippen LogP contribution in [0.2, 0.25) is 0 Å². The van der Waals surface area contributed by atoms with Gasteiger partial charge in [-0.05, 0) is 19.3 Å². The van der Waals surface area contributed by atoms with Gasteiger partial charge in [-0.25, -0.2) is 0 Å². The van der Waals surface area contributed by atoms with E-state index in [1.54, 1.807) is 0 Å². The summed E-state index contributed by atoms with van der Waals surface area (Å²) in [4.78, 5) is 1.47. The minimum absolute atomic E-state index is 0.701. The van der Waals surface area contributed by atoms with Gasteiger partial charge in [0.25, 0.3) is 0 Å². The molecule has 0 aromatic rings. The maximum absolute atomic E-state index is 5.45. The van der Waals surface area contributed by atoms with E-state index in [1.807, 2.05) is 0 Å². The van der Waals surface area contributed by atoms with Crippen molar-refractivity contribution >= 4 is 0 Å². The van der Waals surface area contributed by atoms with Crippen molar-refractivity contribution in [3.63, 3.8) is 0 Å². The first-order chi connectivity index (χ1) is 4.88. The van der Waals surface area contributed by atoms with Crippen molar-refractivity contribution in [1.29, 1.82) is 0 Å². The van der Waals surface area contributed by atoms with Crippen molar-refractivity contribution in [2.24, 2.45) is 0 Å². The Labute approximate surface area is 62.2 Å². The van der Waals surface area contributed by atoms with Crippen molar-refractivity contribution in [3.05, 3.63) is 7.05 Å². The van der Waals surface area contributed by atoms with E-state index in [0.717, 1.165) is 13.2 Å². The molecule has 2 atom stereocenters. The predicted molar refractivity (Wildman–Crippen MR) is 38.6 cm³/mol. The van der Waals surface area contributed by atoms with Crippen LogP contribution >= 0.6 is 0 Å². The molecule has 2 heterocycles. The maximum Gasteiger partial charge on any atom is 0.0966 e. The molecule has 2 nitrogen and oxygen atoms in total. The highest BCUT2D eigenvalue weighted by Gasteiger charge is 2.31. The number of quaternary nitrogens is 1. The van der Waals surface area contributed by atoms with E-state index >= 15 is 0 Å². The highest BCUT2D eigenvalue weighted by Crippen LogP contribution is 2.12. The molecule has 2 rings (SSSR count). The standard InChI is InChI=1S/C8H15NO/c1-9-7-3-2-4-8(9)6-10-5-7/h7-9H,1-6H2. The molecular formula is C8H15NO. The van der Waals surface area contributed by atoms with Gasteiger partial charge in [0, 0.05) is 0 Å². The van der Waals surface area contributed by atoms with Gasteiger partial charge in [-0.1, -0.05) is 0 Å². The molecule has 2 aliphatic heterocycles. The van der Waals surface area contributed by atoms with Gasteiger partial charge in [-0.15, -0.1) is 0 Å². The zero-order chi connectivity index (χ0) is 6.97. The summed E-state index contributed by atoms with van der Waals surface area (Å²) in [5.74, 6) is 0. The molecule has 10 heavy (non-hydrogen) atoms. The van der Waals surface area contributed by atoms with Gasteiger partial charge in [0.05, 0.1) is 25.3 Å². The van der Waals surface area contributed by atoms with Crippen LogP contribution in [0, 0.1) is 7.05 Å². The van der Waals surface area contributed by atoms with Crippen LogP contribution in [0.25, 0.3) is 0 Å². The molecule has 0 aromatic carbocycles. The highest BCUT2D eigenvalue weighted by atomic mass is 16.5. The van der Waals surface area contributed by atoms with Crippen LogP contribution in [0.15, 0.2) is 0 Å². The lowest BCUT2D eigenvalue weighted by Gasteiger charge is -2.45. The number of fused-ring (bicyclic) bond motifs is 2. The quantitative estimate of drug-likeness (QED) is 0.454. The van der Waals surface area contributed by atoms with Crippen LogP contribution in [0.4, 0.5) is 0 Å². The topological polar surface area (TPSA) is 13.7 Å². The van der Waals surface area contributed by atoms with E-state index in [2.05, 4.69) is 7.05 Å². The fraction of sp³-hybridized carbons (Fsp3) is 0.875. The Bertz CT molecular complexity index is 104. The Kier molecular flexibility index (Phi) is 1.66. The molecule has 2 saturated heterocycles. The summed E-state index contributed by atoms with van der Waals surface area (Å²) in [6.07, 6.45) is 4.02. The Balaban J connectivity index is 2.05. The summed E-state index contributed by atoms with van der Waals surface area (Å²) in [5.41, 5.74) is 0. The Hall–Kier alpha value is -0.0800. The minimum atomic E-state index is 0.701. The van der Waals surface area contributed by atoms with Crippen molar-refractivity contribution in [2.75, 3.05) is 13.2 Å². The van der Waals surface area contributed by atoms with E-state index in [0.29, 0.717) is 12.1 Å². The summed E-state index contributed by atoms with van der Waals surface area (Å²) in [6, 6.07) is 1.40. The van der Waals surface area contributed by atoms with E-state index < -0.39 is 0 Å². The molecule has 0 amide bonds. The first kappa shape index (κ1) is 6.62. The van der Waals surface area contributed by atoms with Crippen molar-refractivity contribution in [3.8, 4) is 0 Å². The van der Waals surface area contributed by atoms with Crippen LogP contribution in [0.1, 0.15) is 19.3 Å². The smallest absolute Gasteiger partial charge is 0.0966 e. The molecule has 0 saturated carbocycles. The van der Waals surface area contributed by atoms with Gasteiger partial charge in [-0.2, -0.15) is 7.05 Å². The third-order valence-corrected chi connectivity index (χ3v) is 2.79. The average molecular weight is 141 g/mol. The van der Waals surface area contributed by atoms with Gasteiger partial charge in [0.2, 0.25) is 0 Å². The molecule has 0 radical (unpaired) electrons. The number of piperidine rings is 1.